The standard InChI is InChI=1S/C17H28N2OS/c1-13-14(9-16(21-13)10-18-15-5-6-15)11-19-8-4-7-17(2,12-19)20-3/h9,15,18H,4-8,10-12H2,1-3H3. The predicted molar refractivity (Wildman–Crippen MR) is 88.8 cm³/mol. The maximum absolute atomic E-state index is 5.70. The molecule has 2 aliphatic rings. The summed E-state index contributed by atoms with van der Waals surface area (Å²) in [7, 11) is 1.85. The molecule has 1 atom stereocenters. The van der Waals surface area contributed by atoms with E-state index >= 15 is 0 Å². The number of nitrogens with one attached hydrogen (secondary N) is 1. The van der Waals surface area contributed by atoms with Gasteiger partial charge in [-0.05, 0) is 57.7 Å². The maximum atomic E-state index is 5.70. The van der Waals surface area contributed by atoms with E-state index in [2.05, 4.69) is 30.1 Å². The van der Waals surface area contributed by atoms with Crippen LogP contribution in [0.3, 0.4) is 0 Å². The molecule has 1 saturated heterocycles. The van der Waals surface area contributed by atoms with Crippen LogP contribution in [0.1, 0.15) is 47.9 Å². The first-order valence-electron chi connectivity index (χ1n) is 8.17. The molecule has 2 heterocycles. The predicted octanol–water partition coefficient (Wildman–Crippen LogP) is 3.31. The van der Waals surface area contributed by atoms with Crippen molar-refractivity contribution in [1.29, 1.82) is 0 Å². The van der Waals surface area contributed by atoms with Gasteiger partial charge in [-0.3, -0.25) is 4.90 Å². The SMILES string of the molecule is COC1(C)CCCN(Cc2cc(CNC3CC3)sc2C)C1. The van der Waals surface area contributed by atoms with Gasteiger partial charge < -0.3 is 10.1 Å². The third-order valence-corrected chi connectivity index (χ3v) is 5.93. The molecule has 1 saturated carbocycles. The fourth-order valence-corrected chi connectivity index (χ4v) is 4.22. The minimum absolute atomic E-state index is 0.0402. The summed E-state index contributed by atoms with van der Waals surface area (Å²) in [5.74, 6) is 0. The van der Waals surface area contributed by atoms with Crippen molar-refractivity contribution in [3.8, 4) is 0 Å². The molecule has 1 aromatic heterocycles. The molecule has 2 fully saturated rings. The largest absolute Gasteiger partial charge is 0.377 e. The molecule has 1 unspecified atom stereocenters. The second-order valence-electron chi connectivity index (χ2n) is 6.92. The lowest BCUT2D eigenvalue weighted by Crippen LogP contribution is -2.46. The minimum Gasteiger partial charge on any atom is -0.377 e. The van der Waals surface area contributed by atoms with Gasteiger partial charge in [-0.25, -0.2) is 0 Å². The Morgan fingerprint density at radius 2 is 2.29 bits per heavy atom. The number of nitrogens with zero attached hydrogens (tertiary/aromatic N) is 1. The van der Waals surface area contributed by atoms with Crippen LogP contribution in [0.25, 0.3) is 0 Å². The lowest BCUT2D eigenvalue weighted by molar-refractivity contribution is -0.0527. The van der Waals surface area contributed by atoms with Crippen LogP contribution in [-0.4, -0.2) is 36.7 Å². The van der Waals surface area contributed by atoms with Gasteiger partial charge >= 0.3 is 0 Å². The zero-order valence-electron chi connectivity index (χ0n) is 13.6. The number of aryl methyl sites for hydroxylation is 1. The monoisotopic (exact) mass is 308 g/mol. The quantitative estimate of drug-likeness (QED) is 0.872. The van der Waals surface area contributed by atoms with Crippen LogP contribution in [0.15, 0.2) is 6.07 Å². The maximum Gasteiger partial charge on any atom is 0.0777 e. The van der Waals surface area contributed by atoms with Crippen LogP contribution in [0, 0.1) is 6.92 Å². The highest BCUT2D eigenvalue weighted by Crippen LogP contribution is 2.28. The van der Waals surface area contributed by atoms with E-state index < -0.39 is 0 Å². The van der Waals surface area contributed by atoms with Gasteiger partial charge in [0.25, 0.3) is 0 Å². The number of ether oxygens (including phenoxy) is 1. The van der Waals surface area contributed by atoms with Gasteiger partial charge in [0.2, 0.25) is 0 Å². The van der Waals surface area contributed by atoms with E-state index in [9.17, 15) is 0 Å². The summed E-state index contributed by atoms with van der Waals surface area (Å²) in [6, 6.07) is 3.20. The molecule has 21 heavy (non-hydrogen) atoms. The zero-order valence-corrected chi connectivity index (χ0v) is 14.4. The molecule has 3 rings (SSSR count). The van der Waals surface area contributed by atoms with E-state index in [1.165, 1.54) is 47.5 Å². The Labute approximate surface area is 132 Å². The van der Waals surface area contributed by atoms with E-state index in [1.807, 2.05) is 18.4 Å². The summed E-state index contributed by atoms with van der Waals surface area (Å²) in [5, 5.41) is 3.62. The van der Waals surface area contributed by atoms with Crippen molar-refractivity contribution in [3.63, 3.8) is 0 Å². The molecule has 0 bridgehead atoms. The molecule has 1 aromatic rings. The molecular weight excluding hydrogens is 280 g/mol. The van der Waals surface area contributed by atoms with E-state index in [0.29, 0.717) is 0 Å². The van der Waals surface area contributed by atoms with Crippen molar-refractivity contribution in [2.75, 3.05) is 20.2 Å². The smallest absolute Gasteiger partial charge is 0.0777 e. The van der Waals surface area contributed by atoms with Crippen molar-refractivity contribution in [3.05, 3.63) is 21.4 Å². The van der Waals surface area contributed by atoms with Gasteiger partial charge in [0.15, 0.2) is 0 Å². The summed E-state index contributed by atoms with van der Waals surface area (Å²) in [5.41, 5.74) is 1.55. The van der Waals surface area contributed by atoms with E-state index in [0.717, 1.165) is 25.7 Å². The average molecular weight is 308 g/mol. The Morgan fingerprint density at radius 3 is 3.00 bits per heavy atom. The van der Waals surface area contributed by atoms with Crippen LogP contribution < -0.4 is 5.32 Å². The zero-order chi connectivity index (χ0) is 14.9. The van der Waals surface area contributed by atoms with E-state index in [4.69, 9.17) is 4.74 Å². The van der Waals surface area contributed by atoms with Crippen LogP contribution in [-0.2, 0) is 17.8 Å². The topological polar surface area (TPSA) is 24.5 Å². The number of methoxy groups -OCH3 is 1. The number of hydrogen-bond acceptors (Lipinski definition) is 4. The Morgan fingerprint density at radius 1 is 1.48 bits per heavy atom. The van der Waals surface area contributed by atoms with Gasteiger partial charge in [-0.2, -0.15) is 0 Å². The Hall–Kier alpha value is -0.420. The first kappa shape index (κ1) is 15.5. The van der Waals surface area contributed by atoms with Crippen molar-refractivity contribution in [1.82, 2.24) is 10.2 Å². The normalized spacial score (nSPS) is 27.2. The molecule has 1 aliphatic carbocycles. The van der Waals surface area contributed by atoms with Crippen LogP contribution in [0.5, 0.6) is 0 Å². The molecule has 1 N–H and O–H groups in total. The minimum atomic E-state index is 0.0402. The Bertz CT molecular complexity index is 483. The van der Waals surface area contributed by atoms with Gasteiger partial charge in [0.05, 0.1) is 5.60 Å². The molecule has 0 aromatic carbocycles. The number of rotatable bonds is 6. The van der Waals surface area contributed by atoms with Crippen molar-refractivity contribution in [2.45, 2.75) is 64.3 Å². The molecule has 0 spiro atoms. The van der Waals surface area contributed by atoms with Gasteiger partial charge in [0, 0.05) is 42.5 Å². The van der Waals surface area contributed by atoms with Gasteiger partial charge in [0.1, 0.15) is 0 Å². The summed E-state index contributed by atoms with van der Waals surface area (Å²) in [4.78, 5) is 5.52. The molecule has 3 nitrogen and oxygen atoms in total. The second-order valence-corrected chi connectivity index (χ2v) is 8.26. The summed E-state index contributed by atoms with van der Waals surface area (Å²) < 4.78 is 5.70. The summed E-state index contributed by atoms with van der Waals surface area (Å²) >= 11 is 1.96. The lowest BCUT2D eigenvalue weighted by atomic mass is 9.94. The number of thiophene rings is 1. The molecule has 1 aliphatic heterocycles. The molecular formula is C17H28N2OS. The third-order valence-electron chi connectivity index (χ3n) is 4.84. The average Bonchev–Trinajstić information content (AvgIpc) is 3.22. The van der Waals surface area contributed by atoms with Crippen molar-refractivity contribution >= 4 is 11.3 Å². The number of likely N-dealkylation sites (tertiary alicyclic amines) is 1. The lowest BCUT2D eigenvalue weighted by Gasteiger charge is -2.39. The molecule has 118 valence electrons. The van der Waals surface area contributed by atoms with E-state index in [1.54, 1.807) is 0 Å². The van der Waals surface area contributed by atoms with Crippen molar-refractivity contribution in [2.24, 2.45) is 0 Å². The summed E-state index contributed by atoms with van der Waals surface area (Å²) in [6.07, 6.45) is 5.14. The highest BCUT2D eigenvalue weighted by Gasteiger charge is 2.31. The molecule has 0 radical (unpaired) electrons. The fourth-order valence-electron chi connectivity index (χ4n) is 3.21. The third kappa shape index (κ3) is 4.07. The fraction of sp³-hybridized carbons (Fsp3) is 0.765. The van der Waals surface area contributed by atoms with Crippen LogP contribution in [0.2, 0.25) is 0 Å². The Balaban J connectivity index is 1.58. The van der Waals surface area contributed by atoms with Crippen LogP contribution in [0.4, 0.5) is 0 Å². The second kappa shape index (κ2) is 6.37. The highest BCUT2D eigenvalue weighted by molar-refractivity contribution is 7.12. The first-order chi connectivity index (χ1) is 10.1. The number of hydrogen-bond donors (Lipinski definition) is 1. The van der Waals surface area contributed by atoms with E-state index in [-0.39, 0.29) is 5.60 Å². The first-order valence-corrected chi connectivity index (χ1v) is 8.99. The van der Waals surface area contributed by atoms with Crippen LogP contribution >= 0.6 is 11.3 Å². The van der Waals surface area contributed by atoms with Gasteiger partial charge in [-0.15, -0.1) is 11.3 Å². The van der Waals surface area contributed by atoms with Gasteiger partial charge in [-0.1, -0.05) is 0 Å². The Kier molecular flexibility index (Phi) is 4.69. The number of piperidine rings is 1. The van der Waals surface area contributed by atoms with Crippen molar-refractivity contribution < 1.29 is 4.74 Å². The molecule has 4 heteroatoms. The summed E-state index contributed by atoms with van der Waals surface area (Å²) in [6.45, 7) is 8.87. The highest BCUT2D eigenvalue weighted by atomic mass is 32.1. The molecule has 0 amide bonds.